The smallest absolute Gasteiger partial charge is 0.0434 e. The molecule has 2 N–H and O–H groups in total. The topological polar surface area (TPSA) is 29.3 Å². The summed E-state index contributed by atoms with van der Waals surface area (Å²) in [4.78, 5) is 2.25. The summed E-state index contributed by atoms with van der Waals surface area (Å²) in [6.07, 6.45) is 0. The van der Waals surface area contributed by atoms with Gasteiger partial charge < -0.3 is 10.6 Å². The van der Waals surface area contributed by atoms with Crippen LogP contribution in [0.2, 0.25) is 0 Å². The summed E-state index contributed by atoms with van der Waals surface area (Å²) in [5.74, 6) is 0. The second kappa shape index (κ2) is 4.58. The van der Waals surface area contributed by atoms with Crippen molar-refractivity contribution >= 4 is 22.7 Å². The molecule has 0 aliphatic heterocycles. The molecule has 0 unspecified atom stereocenters. The van der Waals surface area contributed by atoms with Crippen LogP contribution < -0.4 is 10.6 Å². The van der Waals surface area contributed by atoms with Crippen LogP contribution in [-0.4, -0.2) is 7.05 Å². The molecule has 0 aliphatic carbocycles. The van der Waals surface area contributed by atoms with Crippen molar-refractivity contribution in [3.63, 3.8) is 0 Å². The lowest BCUT2D eigenvalue weighted by Gasteiger charge is -2.21. The van der Waals surface area contributed by atoms with Gasteiger partial charge in [-0.3, -0.25) is 0 Å². The fraction of sp³-hybridized carbons (Fsp3) is 0.231. The number of aryl methyl sites for hydroxylation is 1. The molecule has 3 heteroatoms. The van der Waals surface area contributed by atoms with Gasteiger partial charge in [0.15, 0.2) is 0 Å². The van der Waals surface area contributed by atoms with Crippen molar-refractivity contribution < 1.29 is 0 Å². The van der Waals surface area contributed by atoms with E-state index in [1.54, 1.807) is 11.3 Å². The summed E-state index contributed by atoms with van der Waals surface area (Å²) in [6, 6.07) is 8.21. The molecule has 1 aromatic heterocycles. The van der Waals surface area contributed by atoms with E-state index in [0.29, 0.717) is 0 Å². The predicted molar refractivity (Wildman–Crippen MR) is 72.0 cm³/mol. The molecule has 0 fully saturated rings. The quantitative estimate of drug-likeness (QED) is 0.823. The second-order valence-electron chi connectivity index (χ2n) is 4.03. The molecular weight excluding hydrogens is 216 g/mol. The van der Waals surface area contributed by atoms with Gasteiger partial charge >= 0.3 is 0 Å². The maximum absolute atomic E-state index is 5.75. The summed E-state index contributed by atoms with van der Waals surface area (Å²) in [5.41, 5.74) is 10.4. The first kappa shape index (κ1) is 11.0. The summed E-state index contributed by atoms with van der Waals surface area (Å²) < 4.78 is 0. The molecule has 0 bridgehead atoms. The standard InChI is InChI=1S/C13H16N2S/c1-10-7-12(14)3-4-13(10)15(2)8-11-5-6-16-9-11/h3-7,9H,8,14H2,1-2H3. The van der Waals surface area contributed by atoms with Gasteiger partial charge in [0, 0.05) is 25.0 Å². The minimum absolute atomic E-state index is 0.824. The zero-order chi connectivity index (χ0) is 11.5. The summed E-state index contributed by atoms with van der Waals surface area (Å²) in [7, 11) is 2.11. The number of benzene rings is 1. The highest BCUT2D eigenvalue weighted by Crippen LogP contribution is 2.23. The van der Waals surface area contributed by atoms with Gasteiger partial charge in [0.25, 0.3) is 0 Å². The Labute approximate surface area is 100 Å². The molecule has 2 nitrogen and oxygen atoms in total. The molecule has 84 valence electrons. The van der Waals surface area contributed by atoms with Gasteiger partial charge in [0.05, 0.1) is 0 Å². The van der Waals surface area contributed by atoms with Crippen molar-refractivity contribution in [3.05, 3.63) is 46.2 Å². The first-order valence-corrected chi connectivity index (χ1v) is 6.19. The zero-order valence-electron chi connectivity index (χ0n) is 9.60. The van der Waals surface area contributed by atoms with Crippen LogP contribution in [-0.2, 0) is 6.54 Å². The molecule has 1 heterocycles. The molecule has 2 rings (SSSR count). The fourth-order valence-electron chi connectivity index (χ4n) is 1.85. The van der Waals surface area contributed by atoms with E-state index in [-0.39, 0.29) is 0 Å². The monoisotopic (exact) mass is 232 g/mol. The lowest BCUT2D eigenvalue weighted by molar-refractivity contribution is 0.922. The van der Waals surface area contributed by atoms with Crippen LogP contribution in [0.25, 0.3) is 0 Å². The SMILES string of the molecule is Cc1cc(N)ccc1N(C)Cc1ccsc1. The molecule has 0 spiro atoms. The van der Waals surface area contributed by atoms with Crippen molar-refractivity contribution in [2.75, 3.05) is 17.7 Å². The van der Waals surface area contributed by atoms with Crippen molar-refractivity contribution in [1.82, 2.24) is 0 Å². The Hall–Kier alpha value is -1.48. The van der Waals surface area contributed by atoms with Crippen LogP contribution in [0, 0.1) is 6.92 Å². The van der Waals surface area contributed by atoms with E-state index in [9.17, 15) is 0 Å². The van der Waals surface area contributed by atoms with Crippen molar-refractivity contribution in [2.45, 2.75) is 13.5 Å². The van der Waals surface area contributed by atoms with Gasteiger partial charge in [0.1, 0.15) is 0 Å². The van der Waals surface area contributed by atoms with Gasteiger partial charge in [-0.25, -0.2) is 0 Å². The van der Waals surface area contributed by atoms with Crippen molar-refractivity contribution in [2.24, 2.45) is 0 Å². The Kier molecular flexibility index (Phi) is 3.15. The number of hydrogen-bond acceptors (Lipinski definition) is 3. The van der Waals surface area contributed by atoms with Crippen LogP contribution in [0.1, 0.15) is 11.1 Å². The number of thiophene rings is 1. The summed E-state index contributed by atoms with van der Waals surface area (Å²) >= 11 is 1.74. The minimum Gasteiger partial charge on any atom is -0.399 e. The highest BCUT2D eigenvalue weighted by molar-refractivity contribution is 7.07. The minimum atomic E-state index is 0.824. The fourth-order valence-corrected chi connectivity index (χ4v) is 2.51. The molecule has 0 radical (unpaired) electrons. The predicted octanol–water partition coefficient (Wildman–Crippen LogP) is 3.28. The molecule has 0 saturated carbocycles. The Balaban J connectivity index is 2.17. The van der Waals surface area contributed by atoms with E-state index in [4.69, 9.17) is 5.73 Å². The third kappa shape index (κ3) is 2.36. The largest absolute Gasteiger partial charge is 0.399 e. The van der Waals surface area contributed by atoms with E-state index in [2.05, 4.69) is 41.8 Å². The van der Waals surface area contributed by atoms with Crippen LogP contribution in [0.5, 0.6) is 0 Å². The average molecular weight is 232 g/mol. The van der Waals surface area contributed by atoms with Crippen molar-refractivity contribution in [3.8, 4) is 0 Å². The van der Waals surface area contributed by atoms with Gasteiger partial charge in [-0.2, -0.15) is 11.3 Å². The third-order valence-electron chi connectivity index (χ3n) is 2.63. The van der Waals surface area contributed by atoms with Crippen LogP contribution in [0.3, 0.4) is 0 Å². The number of anilines is 2. The highest BCUT2D eigenvalue weighted by Gasteiger charge is 2.05. The number of hydrogen-bond donors (Lipinski definition) is 1. The second-order valence-corrected chi connectivity index (χ2v) is 4.81. The van der Waals surface area contributed by atoms with E-state index in [1.165, 1.54) is 16.8 Å². The van der Waals surface area contributed by atoms with Gasteiger partial charge in [-0.05, 0) is 53.1 Å². The molecule has 1 aromatic carbocycles. The maximum Gasteiger partial charge on any atom is 0.0434 e. The molecule has 0 atom stereocenters. The lowest BCUT2D eigenvalue weighted by Crippen LogP contribution is -2.16. The Morgan fingerprint density at radius 2 is 2.12 bits per heavy atom. The van der Waals surface area contributed by atoms with E-state index >= 15 is 0 Å². The molecule has 2 aromatic rings. The van der Waals surface area contributed by atoms with Gasteiger partial charge in [0.2, 0.25) is 0 Å². The Morgan fingerprint density at radius 3 is 2.75 bits per heavy atom. The Morgan fingerprint density at radius 1 is 1.31 bits per heavy atom. The molecule has 0 amide bonds. The lowest BCUT2D eigenvalue weighted by atomic mass is 10.1. The maximum atomic E-state index is 5.75. The van der Waals surface area contributed by atoms with Crippen LogP contribution >= 0.6 is 11.3 Å². The van der Waals surface area contributed by atoms with E-state index in [1.807, 2.05) is 12.1 Å². The molecular formula is C13H16N2S. The van der Waals surface area contributed by atoms with E-state index < -0.39 is 0 Å². The number of nitrogens with two attached hydrogens (primary N) is 1. The van der Waals surface area contributed by atoms with Crippen molar-refractivity contribution in [1.29, 1.82) is 0 Å². The molecule has 0 saturated heterocycles. The summed E-state index contributed by atoms with van der Waals surface area (Å²) in [5, 5.41) is 4.29. The third-order valence-corrected chi connectivity index (χ3v) is 3.36. The van der Waals surface area contributed by atoms with Gasteiger partial charge in [-0.15, -0.1) is 0 Å². The molecule has 0 aliphatic rings. The Bertz CT molecular complexity index is 463. The van der Waals surface area contributed by atoms with Crippen LogP contribution in [0.15, 0.2) is 35.0 Å². The number of nitrogen functional groups attached to an aromatic ring is 1. The van der Waals surface area contributed by atoms with Gasteiger partial charge in [-0.1, -0.05) is 0 Å². The first-order valence-electron chi connectivity index (χ1n) is 5.25. The highest BCUT2D eigenvalue weighted by atomic mass is 32.1. The molecule has 16 heavy (non-hydrogen) atoms. The first-order chi connectivity index (χ1) is 7.66. The summed E-state index contributed by atoms with van der Waals surface area (Å²) in [6.45, 7) is 3.03. The number of nitrogens with zero attached hydrogens (tertiary/aromatic N) is 1. The van der Waals surface area contributed by atoms with Crippen LogP contribution in [0.4, 0.5) is 11.4 Å². The zero-order valence-corrected chi connectivity index (χ0v) is 10.4. The average Bonchev–Trinajstić information content (AvgIpc) is 2.70. The normalized spacial score (nSPS) is 10.4. The number of rotatable bonds is 3. The van der Waals surface area contributed by atoms with E-state index in [0.717, 1.165) is 12.2 Å².